The second-order valence-corrected chi connectivity index (χ2v) is 10.2. The molecule has 1 N–H and O–H groups in total. The van der Waals surface area contributed by atoms with Gasteiger partial charge in [-0.15, -0.1) is 0 Å². The van der Waals surface area contributed by atoms with Gasteiger partial charge in [0.25, 0.3) is 11.1 Å². The molecule has 0 aliphatic carbocycles. The summed E-state index contributed by atoms with van der Waals surface area (Å²) < 4.78 is 41.9. The van der Waals surface area contributed by atoms with Gasteiger partial charge in [-0.05, 0) is 53.2 Å². The normalized spacial score (nSPS) is 17.7. The number of carbonyl (C=O) groups excluding carboxylic acids is 3. The number of benzene rings is 2. The number of hydrogen-bond donors (Lipinski definition) is 1. The topological polar surface area (TPSA) is 87.5 Å². The lowest BCUT2D eigenvalue weighted by molar-refractivity contribution is -0.138. The average molecular weight is 564 g/mol. The maximum atomic E-state index is 13.5. The molecule has 2 aliphatic heterocycles. The van der Waals surface area contributed by atoms with Crippen LogP contribution in [0.2, 0.25) is 5.02 Å². The van der Waals surface area contributed by atoms with Gasteiger partial charge in [-0.25, -0.2) is 0 Å². The Bertz CT molecular complexity index is 1470. The fourth-order valence-corrected chi connectivity index (χ4v) is 5.38. The molecule has 0 bridgehead atoms. The van der Waals surface area contributed by atoms with Crippen LogP contribution < -0.4 is 5.32 Å². The van der Waals surface area contributed by atoms with Gasteiger partial charge in [0.2, 0.25) is 5.91 Å². The number of fused-ring (bicyclic) bond motifs is 1. The van der Waals surface area contributed by atoms with E-state index in [9.17, 15) is 27.6 Å². The average Bonchev–Trinajstić information content (AvgIpc) is 3.40. The maximum absolute atomic E-state index is 13.5. The number of nitrogens with zero attached hydrogens (tertiary/aromatic N) is 4. The Labute approximate surface area is 224 Å². The second kappa shape index (κ2) is 10.4. The molecule has 38 heavy (non-hydrogen) atoms. The molecule has 2 aromatic carbocycles. The quantitative estimate of drug-likeness (QED) is 0.468. The number of nitrogens with one attached hydrogen (secondary N) is 1. The Kier molecular flexibility index (Phi) is 7.21. The van der Waals surface area contributed by atoms with E-state index < -0.39 is 22.9 Å². The Morgan fingerprint density at radius 3 is 2.63 bits per heavy atom. The summed E-state index contributed by atoms with van der Waals surface area (Å²) in [7, 11) is 0. The van der Waals surface area contributed by atoms with Crippen LogP contribution in [0.1, 0.15) is 16.7 Å². The van der Waals surface area contributed by atoms with E-state index in [1.54, 1.807) is 29.2 Å². The molecule has 1 aromatic heterocycles. The first-order valence-corrected chi connectivity index (χ1v) is 12.8. The van der Waals surface area contributed by atoms with Gasteiger partial charge in [0.05, 0.1) is 28.7 Å². The second-order valence-electron chi connectivity index (χ2n) is 8.82. The molecule has 2 aliphatic rings. The van der Waals surface area contributed by atoms with Crippen LogP contribution in [0.3, 0.4) is 0 Å². The van der Waals surface area contributed by atoms with Gasteiger partial charge in [0.15, 0.2) is 0 Å². The summed E-state index contributed by atoms with van der Waals surface area (Å²) >= 11 is 6.54. The van der Waals surface area contributed by atoms with Crippen molar-refractivity contribution in [3.8, 4) is 0 Å². The number of carbonyl (C=O) groups is 3. The lowest BCUT2D eigenvalue weighted by Gasteiger charge is -2.28. The Morgan fingerprint density at radius 2 is 1.89 bits per heavy atom. The fourth-order valence-electron chi connectivity index (χ4n) is 4.37. The summed E-state index contributed by atoms with van der Waals surface area (Å²) in [6, 6.07) is 8.73. The van der Waals surface area contributed by atoms with Gasteiger partial charge in [-0.2, -0.15) is 18.3 Å². The van der Waals surface area contributed by atoms with Crippen LogP contribution in [0, 0.1) is 0 Å². The van der Waals surface area contributed by atoms with Crippen molar-refractivity contribution in [3.63, 3.8) is 0 Å². The summed E-state index contributed by atoms with van der Waals surface area (Å²) in [4.78, 5) is 40.6. The predicted molar refractivity (Wildman–Crippen MR) is 137 cm³/mol. The minimum Gasteiger partial charge on any atom is -0.339 e. The van der Waals surface area contributed by atoms with Crippen LogP contribution in [0.25, 0.3) is 17.0 Å². The summed E-state index contributed by atoms with van der Waals surface area (Å²) in [5, 5.41) is 7.51. The lowest BCUT2D eigenvalue weighted by Crippen LogP contribution is -2.50. The molecular weight excluding hydrogens is 543 g/mol. The van der Waals surface area contributed by atoms with E-state index in [0.29, 0.717) is 42.6 Å². The van der Waals surface area contributed by atoms with Crippen molar-refractivity contribution in [1.82, 2.24) is 24.9 Å². The van der Waals surface area contributed by atoms with E-state index in [1.807, 2.05) is 0 Å². The molecule has 2 saturated heterocycles. The molecule has 0 saturated carbocycles. The number of alkyl halides is 3. The van der Waals surface area contributed by atoms with Crippen molar-refractivity contribution in [2.45, 2.75) is 12.7 Å². The third kappa shape index (κ3) is 5.42. The highest BCUT2D eigenvalue weighted by Gasteiger charge is 2.37. The van der Waals surface area contributed by atoms with E-state index in [0.717, 1.165) is 22.7 Å². The van der Waals surface area contributed by atoms with Crippen molar-refractivity contribution in [2.75, 3.05) is 32.7 Å². The number of hydrogen-bond acceptors (Lipinski definition) is 6. The molecular formula is C25H21ClF3N5O3S. The Hall–Kier alpha value is -3.35. The van der Waals surface area contributed by atoms with Crippen LogP contribution in [0.4, 0.5) is 18.0 Å². The molecule has 0 radical (unpaired) electrons. The van der Waals surface area contributed by atoms with Crippen LogP contribution >= 0.6 is 23.4 Å². The highest BCUT2D eigenvalue weighted by molar-refractivity contribution is 8.18. The maximum Gasteiger partial charge on any atom is 0.416 e. The van der Waals surface area contributed by atoms with Crippen molar-refractivity contribution in [2.24, 2.45) is 0 Å². The molecule has 5 rings (SSSR count). The summed E-state index contributed by atoms with van der Waals surface area (Å²) in [6.07, 6.45) is -1.49. The van der Waals surface area contributed by atoms with Crippen LogP contribution in [-0.4, -0.2) is 69.4 Å². The lowest BCUT2D eigenvalue weighted by atomic mass is 10.1. The molecule has 3 aromatic rings. The van der Waals surface area contributed by atoms with Gasteiger partial charge in [-0.3, -0.25) is 24.0 Å². The predicted octanol–water partition coefficient (Wildman–Crippen LogP) is 4.22. The van der Waals surface area contributed by atoms with Crippen LogP contribution in [-0.2, 0) is 22.3 Å². The smallest absolute Gasteiger partial charge is 0.339 e. The molecule has 0 spiro atoms. The Morgan fingerprint density at radius 1 is 1.13 bits per heavy atom. The third-order valence-electron chi connectivity index (χ3n) is 6.30. The summed E-state index contributed by atoms with van der Waals surface area (Å²) in [5.41, 5.74) is 0.412. The van der Waals surface area contributed by atoms with Gasteiger partial charge in [0.1, 0.15) is 6.54 Å². The first-order chi connectivity index (χ1) is 18.1. The van der Waals surface area contributed by atoms with Gasteiger partial charge >= 0.3 is 6.18 Å². The van der Waals surface area contributed by atoms with E-state index in [4.69, 9.17) is 11.6 Å². The van der Waals surface area contributed by atoms with Gasteiger partial charge in [-0.1, -0.05) is 23.7 Å². The van der Waals surface area contributed by atoms with E-state index >= 15 is 0 Å². The molecule has 8 nitrogen and oxygen atoms in total. The van der Waals surface area contributed by atoms with Crippen molar-refractivity contribution in [1.29, 1.82) is 0 Å². The zero-order chi connectivity index (χ0) is 27.0. The monoisotopic (exact) mass is 563 g/mol. The minimum absolute atomic E-state index is 0.00591. The highest BCUT2D eigenvalue weighted by atomic mass is 35.5. The van der Waals surface area contributed by atoms with Gasteiger partial charge in [0, 0.05) is 36.6 Å². The zero-order valence-electron chi connectivity index (χ0n) is 19.8. The molecule has 198 valence electrons. The largest absolute Gasteiger partial charge is 0.416 e. The number of piperazine rings is 1. The van der Waals surface area contributed by atoms with Crippen molar-refractivity contribution < 1.29 is 27.6 Å². The van der Waals surface area contributed by atoms with E-state index in [2.05, 4.69) is 10.4 Å². The highest BCUT2D eigenvalue weighted by Crippen LogP contribution is 2.35. The standard InChI is InChI=1S/C25H21ClF3N5O3S/c26-18-3-2-16(19(11-18)25(27,28)29)13-34-20-4-1-15(9-17(20)12-31-34)10-21-23(36)33(24(37)38-21)14-22(35)32-7-5-30-6-8-32/h1-4,9-12,30H,5-8,13-14H2/b21-10-. The molecule has 3 amide bonds. The first kappa shape index (κ1) is 26.3. The molecule has 0 unspecified atom stereocenters. The van der Waals surface area contributed by atoms with E-state index in [1.165, 1.54) is 23.0 Å². The zero-order valence-corrected chi connectivity index (χ0v) is 21.4. The molecule has 3 heterocycles. The van der Waals surface area contributed by atoms with Crippen molar-refractivity contribution in [3.05, 3.63) is 69.2 Å². The number of thioether (sulfide) groups is 1. The minimum atomic E-state index is -4.56. The SMILES string of the molecule is O=C(CN1C(=O)S/C(=C\c2ccc3c(cnn3Cc3ccc(Cl)cc3C(F)(F)F)c2)C1=O)N1CCNCC1. The molecule has 13 heteroatoms. The number of rotatable bonds is 5. The van der Waals surface area contributed by atoms with Crippen molar-refractivity contribution >= 4 is 57.4 Å². The number of aromatic nitrogens is 2. The number of imide groups is 1. The van der Waals surface area contributed by atoms with E-state index in [-0.39, 0.29) is 34.5 Å². The third-order valence-corrected chi connectivity index (χ3v) is 7.44. The summed E-state index contributed by atoms with van der Waals surface area (Å²) in [5.74, 6) is -0.819. The number of amides is 3. The van der Waals surface area contributed by atoms with Crippen LogP contribution in [0.15, 0.2) is 47.5 Å². The molecule has 2 fully saturated rings. The van der Waals surface area contributed by atoms with Crippen LogP contribution in [0.5, 0.6) is 0 Å². The number of halogens is 4. The Balaban J connectivity index is 1.34. The summed E-state index contributed by atoms with van der Waals surface area (Å²) in [6.45, 7) is 1.95. The van der Waals surface area contributed by atoms with Gasteiger partial charge < -0.3 is 10.2 Å². The molecule has 0 atom stereocenters. The first-order valence-electron chi connectivity index (χ1n) is 11.7. The fraction of sp³-hybridized carbons (Fsp3) is 0.280.